The number of aliphatic hydroxyl groups excluding tert-OH is 1. The van der Waals surface area contributed by atoms with Crippen molar-refractivity contribution < 1.29 is 9.90 Å². The van der Waals surface area contributed by atoms with Gasteiger partial charge in [-0.2, -0.15) is 5.10 Å². The van der Waals surface area contributed by atoms with Crippen LogP contribution in [0.15, 0.2) is 6.33 Å². The van der Waals surface area contributed by atoms with E-state index in [0.29, 0.717) is 6.54 Å². The Bertz CT molecular complexity index is 325. The van der Waals surface area contributed by atoms with Gasteiger partial charge in [0.25, 0.3) is 5.91 Å². The highest BCUT2D eigenvalue weighted by molar-refractivity contribution is 5.90. The van der Waals surface area contributed by atoms with Crippen LogP contribution >= 0.6 is 0 Å². The molecule has 0 saturated carbocycles. The van der Waals surface area contributed by atoms with Gasteiger partial charge in [0.05, 0.1) is 0 Å². The van der Waals surface area contributed by atoms with Crippen LogP contribution in [-0.2, 0) is 0 Å². The minimum atomic E-state index is -0.134. The first-order chi connectivity index (χ1) is 7.31. The average Bonchev–Trinajstić information content (AvgIpc) is 2.81. The van der Waals surface area contributed by atoms with Gasteiger partial charge in [0.2, 0.25) is 5.82 Å². The fraction of sp³-hybridized carbons (Fsp3) is 0.667. The number of nitrogens with zero attached hydrogens (tertiary/aromatic N) is 3. The Balaban J connectivity index is 2.01. The second-order valence-electron chi connectivity index (χ2n) is 3.78. The van der Waals surface area contributed by atoms with Crippen LogP contribution in [0.2, 0.25) is 0 Å². The van der Waals surface area contributed by atoms with Gasteiger partial charge in [0, 0.05) is 19.7 Å². The number of carbonyl (C=O) groups excluding carboxylic acids is 1. The Kier molecular flexibility index (Phi) is 2.96. The molecule has 1 saturated heterocycles. The molecule has 1 amide bonds. The van der Waals surface area contributed by atoms with Crippen LogP contribution in [0.1, 0.15) is 23.5 Å². The summed E-state index contributed by atoms with van der Waals surface area (Å²) in [6, 6.07) is 0. The van der Waals surface area contributed by atoms with E-state index in [2.05, 4.69) is 15.2 Å². The van der Waals surface area contributed by atoms with E-state index in [1.165, 1.54) is 6.33 Å². The van der Waals surface area contributed by atoms with Crippen molar-refractivity contribution >= 4 is 5.91 Å². The molecule has 1 aliphatic heterocycles. The van der Waals surface area contributed by atoms with E-state index in [1.807, 2.05) is 0 Å². The van der Waals surface area contributed by atoms with E-state index in [9.17, 15) is 4.79 Å². The predicted molar refractivity (Wildman–Crippen MR) is 52.1 cm³/mol. The lowest BCUT2D eigenvalue weighted by Crippen LogP contribution is -2.41. The van der Waals surface area contributed by atoms with Crippen LogP contribution in [0.3, 0.4) is 0 Å². The Morgan fingerprint density at radius 3 is 3.27 bits per heavy atom. The van der Waals surface area contributed by atoms with Crippen molar-refractivity contribution in [3.05, 3.63) is 12.2 Å². The number of amides is 1. The maximum Gasteiger partial charge on any atom is 0.291 e. The monoisotopic (exact) mass is 210 g/mol. The Morgan fingerprint density at radius 2 is 2.60 bits per heavy atom. The van der Waals surface area contributed by atoms with Crippen LogP contribution in [0.4, 0.5) is 0 Å². The van der Waals surface area contributed by atoms with Gasteiger partial charge in [-0.1, -0.05) is 0 Å². The fourth-order valence-corrected chi connectivity index (χ4v) is 1.86. The first-order valence-electron chi connectivity index (χ1n) is 5.06. The minimum Gasteiger partial charge on any atom is -0.396 e. The highest BCUT2D eigenvalue weighted by Crippen LogP contribution is 2.16. The second kappa shape index (κ2) is 4.39. The SMILES string of the molecule is O=C(c1ncn[nH]1)N1CCCC(CO)C1. The summed E-state index contributed by atoms with van der Waals surface area (Å²) in [5.74, 6) is 0.338. The number of piperidine rings is 1. The molecule has 6 nitrogen and oxygen atoms in total. The van der Waals surface area contributed by atoms with Gasteiger partial charge in [-0.25, -0.2) is 4.98 Å². The maximum atomic E-state index is 11.8. The highest BCUT2D eigenvalue weighted by atomic mass is 16.3. The Hall–Kier alpha value is -1.43. The van der Waals surface area contributed by atoms with Crippen molar-refractivity contribution in [3.63, 3.8) is 0 Å². The zero-order valence-corrected chi connectivity index (χ0v) is 8.39. The molecule has 15 heavy (non-hydrogen) atoms. The molecule has 0 aromatic carbocycles. The van der Waals surface area contributed by atoms with E-state index < -0.39 is 0 Å². The van der Waals surface area contributed by atoms with Crippen LogP contribution in [-0.4, -0.2) is 50.8 Å². The van der Waals surface area contributed by atoms with E-state index in [1.54, 1.807) is 4.90 Å². The second-order valence-corrected chi connectivity index (χ2v) is 3.78. The number of aromatic amines is 1. The first kappa shape index (κ1) is 10.1. The Morgan fingerprint density at radius 1 is 1.73 bits per heavy atom. The number of aromatic nitrogens is 3. The van der Waals surface area contributed by atoms with Gasteiger partial charge < -0.3 is 10.0 Å². The van der Waals surface area contributed by atoms with E-state index >= 15 is 0 Å². The molecular formula is C9H14N4O2. The molecule has 1 aromatic heterocycles. The zero-order chi connectivity index (χ0) is 10.7. The molecule has 1 unspecified atom stereocenters. The van der Waals surface area contributed by atoms with Gasteiger partial charge in [0.15, 0.2) is 0 Å². The lowest BCUT2D eigenvalue weighted by Gasteiger charge is -2.31. The third-order valence-electron chi connectivity index (χ3n) is 2.68. The third-order valence-corrected chi connectivity index (χ3v) is 2.68. The molecule has 1 aromatic rings. The lowest BCUT2D eigenvalue weighted by molar-refractivity contribution is 0.0609. The standard InChI is InChI=1S/C9H14N4O2/c14-5-7-2-1-3-13(4-7)9(15)8-10-6-11-12-8/h6-7,14H,1-5H2,(H,10,11,12). The Labute approximate surface area is 87.3 Å². The first-order valence-corrected chi connectivity index (χ1v) is 5.06. The van der Waals surface area contributed by atoms with E-state index in [4.69, 9.17) is 5.11 Å². The maximum absolute atomic E-state index is 11.8. The summed E-state index contributed by atoms with van der Waals surface area (Å²) >= 11 is 0. The summed E-state index contributed by atoms with van der Waals surface area (Å²) in [4.78, 5) is 17.4. The molecule has 6 heteroatoms. The summed E-state index contributed by atoms with van der Waals surface area (Å²) in [7, 11) is 0. The zero-order valence-electron chi connectivity index (χ0n) is 8.39. The third kappa shape index (κ3) is 2.15. The normalized spacial score (nSPS) is 21.7. The van der Waals surface area contributed by atoms with Crippen LogP contribution in [0.25, 0.3) is 0 Å². The number of rotatable bonds is 2. The van der Waals surface area contributed by atoms with Crippen molar-refractivity contribution in [1.82, 2.24) is 20.1 Å². The number of carbonyl (C=O) groups is 1. The average molecular weight is 210 g/mol. The molecule has 0 aliphatic carbocycles. The van der Waals surface area contributed by atoms with Crippen molar-refractivity contribution in [3.8, 4) is 0 Å². The molecule has 0 bridgehead atoms. The topological polar surface area (TPSA) is 82.1 Å². The van der Waals surface area contributed by atoms with Gasteiger partial charge in [0.1, 0.15) is 6.33 Å². The quantitative estimate of drug-likeness (QED) is 0.699. The summed E-state index contributed by atoms with van der Waals surface area (Å²) < 4.78 is 0. The van der Waals surface area contributed by atoms with Gasteiger partial charge in [-0.3, -0.25) is 9.89 Å². The number of hydrogen-bond donors (Lipinski definition) is 2. The minimum absolute atomic E-state index is 0.134. The van der Waals surface area contributed by atoms with Crippen LogP contribution < -0.4 is 0 Å². The molecular weight excluding hydrogens is 196 g/mol. The molecule has 82 valence electrons. The molecule has 1 fully saturated rings. The molecule has 1 atom stereocenters. The van der Waals surface area contributed by atoms with Crippen LogP contribution in [0, 0.1) is 5.92 Å². The number of aliphatic hydroxyl groups is 1. The van der Waals surface area contributed by atoms with Gasteiger partial charge in [-0.15, -0.1) is 0 Å². The number of H-pyrrole nitrogens is 1. The molecule has 2 heterocycles. The van der Waals surface area contributed by atoms with Crippen molar-refractivity contribution in [1.29, 1.82) is 0 Å². The summed E-state index contributed by atoms with van der Waals surface area (Å²) in [6.07, 6.45) is 3.24. The number of hydrogen-bond acceptors (Lipinski definition) is 4. The molecule has 1 aliphatic rings. The molecule has 0 spiro atoms. The summed E-state index contributed by atoms with van der Waals surface area (Å²) in [6.45, 7) is 1.48. The lowest BCUT2D eigenvalue weighted by atomic mass is 9.99. The van der Waals surface area contributed by atoms with Crippen LogP contribution in [0.5, 0.6) is 0 Å². The predicted octanol–water partition coefficient (Wildman–Crippen LogP) is -0.351. The largest absolute Gasteiger partial charge is 0.396 e. The smallest absolute Gasteiger partial charge is 0.291 e. The van der Waals surface area contributed by atoms with Crippen molar-refractivity contribution in [2.24, 2.45) is 5.92 Å². The molecule has 0 radical (unpaired) electrons. The summed E-state index contributed by atoms with van der Waals surface area (Å²) in [5, 5.41) is 15.2. The molecule has 2 rings (SSSR count). The number of nitrogens with one attached hydrogen (secondary N) is 1. The summed E-state index contributed by atoms with van der Waals surface area (Å²) in [5.41, 5.74) is 0. The van der Waals surface area contributed by atoms with Gasteiger partial charge >= 0.3 is 0 Å². The highest BCUT2D eigenvalue weighted by Gasteiger charge is 2.25. The van der Waals surface area contributed by atoms with E-state index in [-0.39, 0.29) is 24.3 Å². The van der Waals surface area contributed by atoms with Gasteiger partial charge in [-0.05, 0) is 18.8 Å². The molecule has 2 N–H and O–H groups in total. The van der Waals surface area contributed by atoms with Crippen molar-refractivity contribution in [2.75, 3.05) is 19.7 Å². The van der Waals surface area contributed by atoms with E-state index in [0.717, 1.165) is 19.4 Å². The fourth-order valence-electron chi connectivity index (χ4n) is 1.86. The number of likely N-dealkylation sites (tertiary alicyclic amines) is 1. The van der Waals surface area contributed by atoms with Crippen molar-refractivity contribution in [2.45, 2.75) is 12.8 Å².